The van der Waals surface area contributed by atoms with Crippen LogP contribution in [0.1, 0.15) is 29.7 Å². The van der Waals surface area contributed by atoms with Gasteiger partial charge in [-0.25, -0.2) is 8.42 Å². The first-order valence-corrected chi connectivity index (χ1v) is 11.1. The molecule has 0 radical (unpaired) electrons. The number of aromatic nitrogens is 1. The number of carbonyl (C=O) groups excluding carboxylic acids is 1. The van der Waals surface area contributed by atoms with Crippen molar-refractivity contribution >= 4 is 15.9 Å². The molecule has 1 aromatic heterocycles. The van der Waals surface area contributed by atoms with Crippen molar-refractivity contribution < 1.29 is 13.2 Å². The number of pyridine rings is 1. The third kappa shape index (κ3) is 4.77. The Balaban J connectivity index is 1.52. The molecule has 2 aromatic rings. The minimum atomic E-state index is -3.51. The van der Waals surface area contributed by atoms with E-state index in [0.29, 0.717) is 43.8 Å². The third-order valence-corrected chi connectivity index (χ3v) is 7.24. The first-order valence-electron chi connectivity index (χ1n) is 9.63. The predicted octanol–water partition coefficient (Wildman–Crippen LogP) is 2.46. The molecule has 6 nitrogen and oxygen atoms in total. The van der Waals surface area contributed by atoms with Crippen LogP contribution in [0.15, 0.2) is 47.5 Å². The average molecular weight is 402 g/mol. The van der Waals surface area contributed by atoms with Gasteiger partial charge in [-0.15, -0.1) is 0 Å². The van der Waals surface area contributed by atoms with E-state index < -0.39 is 10.0 Å². The number of nitrogens with one attached hydrogen (secondary N) is 1. The summed E-state index contributed by atoms with van der Waals surface area (Å²) in [4.78, 5) is 17.0. The summed E-state index contributed by atoms with van der Waals surface area (Å²) in [5.41, 5.74) is 2.97. The number of sulfonamides is 1. The van der Waals surface area contributed by atoms with E-state index >= 15 is 0 Å². The van der Waals surface area contributed by atoms with Gasteiger partial charge in [-0.1, -0.05) is 12.1 Å². The van der Waals surface area contributed by atoms with Crippen molar-refractivity contribution in [3.05, 3.63) is 59.4 Å². The zero-order valence-electron chi connectivity index (χ0n) is 16.4. The van der Waals surface area contributed by atoms with Crippen molar-refractivity contribution in [2.24, 2.45) is 5.92 Å². The van der Waals surface area contributed by atoms with Crippen LogP contribution in [-0.2, 0) is 21.2 Å². The Morgan fingerprint density at radius 1 is 1.14 bits per heavy atom. The van der Waals surface area contributed by atoms with Crippen LogP contribution in [0.4, 0.5) is 0 Å². The van der Waals surface area contributed by atoms with Crippen LogP contribution >= 0.6 is 0 Å². The van der Waals surface area contributed by atoms with Crippen molar-refractivity contribution in [1.29, 1.82) is 0 Å². The van der Waals surface area contributed by atoms with Crippen LogP contribution in [0.2, 0.25) is 0 Å². The molecular formula is C21H27N3O3S. The molecule has 1 aliphatic rings. The molecule has 1 aromatic carbocycles. The summed E-state index contributed by atoms with van der Waals surface area (Å²) in [7, 11) is -3.51. The number of hydrogen-bond acceptors (Lipinski definition) is 4. The first kappa shape index (κ1) is 20.5. The number of hydrogen-bond donors (Lipinski definition) is 1. The van der Waals surface area contributed by atoms with Gasteiger partial charge in [0.05, 0.1) is 4.90 Å². The maximum atomic E-state index is 12.9. The second kappa shape index (κ2) is 8.84. The van der Waals surface area contributed by atoms with Gasteiger partial charge in [-0.2, -0.15) is 4.31 Å². The lowest BCUT2D eigenvalue weighted by atomic mass is 9.97. The molecule has 28 heavy (non-hydrogen) atoms. The van der Waals surface area contributed by atoms with E-state index in [4.69, 9.17) is 0 Å². The molecule has 7 heteroatoms. The van der Waals surface area contributed by atoms with Gasteiger partial charge in [0.15, 0.2) is 0 Å². The highest BCUT2D eigenvalue weighted by Gasteiger charge is 2.32. The molecule has 1 aliphatic heterocycles. The number of carbonyl (C=O) groups is 1. The standard InChI is InChI=1S/C21H27N3O3S/c1-16-6-7-20(15-17(16)2)28(26,27)24-13-9-18(10-14-24)21(25)23-12-8-19-5-3-4-11-22-19/h3-7,11,15,18H,8-10,12-14H2,1-2H3,(H,23,25). The third-order valence-electron chi connectivity index (χ3n) is 5.35. The van der Waals surface area contributed by atoms with Gasteiger partial charge < -0.3 is 5.32 Å². The Kier molecular flexibility index (Phi) is 6.46. The molecule has 0 saturated carbocycles. The van der Waals surface area contributed by atoms with Gasteiger partial charge >= 0.3 is 0 Å². The van der Waals surface area contributed by atoms with Gasteiger partial charge in [0.2, 0.25) is 15.9 Å². The van der Waals surface area contributed by atoms with Crippen molar-refractivity contribution in [3.8, 4) is 0 Å². The van der Waals surface area contributed by atoms with E-state index in [2.05, 4.69) is 10.3 Å². The molecule has 0 atom stereocenters. The van der Waals surface area contributed by atoms with E-state index in [1.807, 2.05) is 38.1 Å². The minimum Gasteiger partial charge on any atom is -0.355 e. The molecule has 0 unspecified atom stereocenters. The fourth-order valence-electron chi connectivity index (χ4n) is 3.39. The quantitative estimate of drug-likeness (QED) is 0.806. The van der Waals surface area contributed by atoms with Crippen LogP contribution in [-0.4, -0.2) is 43.2 Å². The lowest BCUT2D eigenvalue weighted by Gasteiger charge is -2.30. The van der Waals surface area contributed by atoms with Crippen molar-refractivity contribution in [1.82, 2.24) is 14.6 Å². The van der Waals surface area contributed by atoms with Gasteiger partial charge in [0.25, 0.3) is 0 Å². The normalized spacial score (nSPS) is 16.1. The highest BCUT2D eigenvalue weighted by atomic mass is 32.2. The van der Waals surface area contributed by atoms with Crippen LogP contribution in [0.3, 0.4) is 0 Å². The summed E-state index contributed by atoms with van der Waals surface area (Å²) < 4.78 is 27.2. The molecule has 1 amide bonds. The Labute approximate surface area is 167 Å². The summed E-state index contributed by atoms with van der Waals surface area (Å²) in [5.74, 6) is -0.144. The Morgan fingerprint density at radius 3 is 2.54 bits per heavy atom. The summed E-state index contributed by atoms with van der Waals surface area (Å²) in [5, 5.41) is 2.95. The van der Waals surface area contributed by atoms with E-state index in [1.165, 1.54) is 4.31 Å². The topological polar surface area (TPSA) is 79.4 Å². The van der Waals surface area contributed by atoms with Crippen LogP contribution in [0, 0.1) is 19.8 Å². The Morgan fingerprint density at radius 2 is 1.89 bits per heavy atom. The number of amides is 1. The van der Waals surface area contributed by atoms with E-state index in [0.717, 1.165) is 16.8 Å². The molecule has 150 valence electrons. The maximum absolute atomic E-state index is 12.9. The van der Waals surface area contributed by atoms with Crippen LogP contribution in [0.25, 0.3) is 0 Å². The summed E-state index contributed by atoms with van der Waals surface area (Å²) >= 11 is 0. The molecular weight excluding hydrogens is 374 g/mol. The van der Waals surface area contributed by atoms with Gasteiger partial charge in [-0.05, 0) is 62.1 Å². The van der Waals surface area contributed by atoms with Crippen molar-refractivity contribution in [3.63, 3.8) is 0 Å². The summed E-state index contributed by atoms with van der Waals surface area (Å²) in [6.07, 6.45) is 3.51. The van der Waals surface area contributed by atoms with E-state index in [-0.39, 0.29) is 11.8 Å². The van der Waals surface area contributed by atoms with Crippen LogP contribution in [0.5, 0.6) is 0 Å². The number of benzene rings is 1. The van der Waals surface area contributed by atoms with Crippen molar-refractivity contribution in [2.75, 3.05) is 19.6 Å². The molecule has 0 spiro atoms. The predicted molar refractivity (Wildman–Crippen MR) is 108 cm³/mol. The lowest BCUT2D eigenvalue weighted by molar-refractivity contribution is -0.126. The highest BCUT2D eigenvalue weighted by Crippen LogP contribution is 2.25. The fraction of sp³-hybridized carbons (Fsp3) is 0.429. The van der Waals surface area contributed by atoms with Crippen molar-refractivity contribution in [2.45, 2.75) is 38.0 Å². The zero-order valence-corrected chi connectivity index (χ0v) is 17.2. The first-order chi connectivity index (χ1) is 13.4. The maximum Gasteiger partial charge on any atom is 0.243 e. The molecule has 1 fully saturated rings. The van der Waals surface area contributed by atoms with Gasteiger partial charge in [0, 0.05) is 43.9 Å². The molecule has 0 aliphatic carbocycles. The minimum absolute atomic E-state index is 0.000778. The second-order valence-electron chi connectivity index (χ2n) is 7.29. The smallest absolute Gasteiger partial charge is 0.243 e. The number of rotatable bonds is 6. The SMILES string of the molecule is Cc1ccc(S(=O)(=O)N2CCC(C(=O)NCCc3ccccn3)CC2)cc1C. The molecule has 2 heterocycles. The number of aryl methyl sites for hydroxylation is 2. The zero-order chi connectivity index (χ0) is 20.1. The molecule has 3 rings (SSSR count). The van der Waals surface area contributed by atoms with E-state index in [1.54, 1.807) is 18.3 Å². The molecule has 0 bridgehead atoms. The van der Waals surface area contributed by atoms with Gasteiger partial charge in [-0.3, -0.25) is 9.78 Å². The highest BCUT2D eigenvalue weighted by molar-refractivity contribution is 7.89. The summed E-state index contributed by atoms with van der Waals surface area (Å²) in [6, 6.07) is 10.9. The number of piperidine rings is 1. The van der Waals surface area contributed by atoms with Crippen LogP contribution < -0.4 is 5.32 Å². The second-order valence-corrected chi connectivity index (χ2v) is 9.22. The van der Waals surface area contributed by atoms with E-state index in [9.17, 15) is 13.2 Å². The summed E-state index contributed by atoms with van der Waals surface area (Å²) in [6.45, 7) is 5.15. The fourth-order valence-corrected chi connectivity index (χ4v) is 4.94. The van der Waals surface area contributed by atoms with Gasteiger partial charge in [0.1, 0.15) is 0 Å². The number of nitrogens with zero attached hydrogens (tertiary/aromatic N) is 2. The Hall–Kier alpha value is -2.25. The molecule has 1 saturated heterocycles. The monoisotopic (exact) mass is 401 g/mol. The largest absolute Gasteiger partial charge is 0.355 e. The lowest BCUT2D eigenvalue weighted by Crippen LogP contribution is -2.43. The Bertz CT molecular complexity index is 921. The molecule has 1 N–H and O–H groups in total. The average Bonchev–Trinajstić information content (AvgIpc) is 2.71.